The van der Waals surface area contributed by atoms with E-state index >= 15 is 0 Å². The van der Waals surface area contributed by atoms with Gasteiger partial charge in [0, 0.05) is 0 Å². The molecule has 3 rings (SSSR count). The first-order valence-corrected chi connectivity index (χ1v) is 10.1. The molecule has 0 aliphatic rings. The number of hydrogen-bond acceptors (Lipinski definition) is 7. The average molecular weight is 446 g/mol. The Kier molecular flexibility index (Phi) is 7.14. The highest BCUT2D eigenvalue weighted by molar-refractivity contribution is 7.16. The predicted octanol–water partition coefficient (Wildman–Crippen LogP) is 2.70. The van der Waals surface area contributed by atoms with E-state index in [1.807, 2.05) is 0 Å². The van der Waals surface area contributed by atoms with E-state index in [0.29, 0.717) is 15.8 Å². The van der Waals surface area contributed by atoms with Gasteiger partial charge in [0.1, 0.15) is 6.54 Å². The lowest BCUT2D eigenvalue weighted by molar-refractivity contribution is -0.141. The van der Waals surface area contributed by atoms with Crippen LogP contribution in [0.1, 0.15) is 17.3 Å². The van der Waals surface area contributed by atoms with Crippen LogP contribution in [0.25, 0.3) is 10.2 Å². The molecule has 162 valence electrons. The Morgan fingerprint density at radius 1 is 1.16 bits per heavy atom. The van der Waals surface area contributed by atoms with Crippen molar-refractivity contribution >= 4 is 39.4 Å². The summed E-state index contributed by atoms with van der Waals surface area (Å²) in [5, 5.41) is 0. The number of nitrogens with zero attached hydrogens (tertiary/aromatic N) is 2. The minimum Gasteiger partial charge on any atom is -0.481 e. The van der Waals surface area contributed by atoms with Crippen LogP contribution >= 0.6 is 11.3 Å². The molecule has 8 nitrogen and oxygen atoms in total. The normalized spacial score (nSPS) is 11.4. The summed E-state index contributed by atoms with van der Waals surface area (Å²) in [5.74, 6) is -2.34. The van der Waals surface area contributed by atoms with Crippen LogP contribution in [0, 0.1) is 5.82 Å². The summed E-state index contributed by atoms with van der Waals surface area (Å²) in [6, 6.07) is 10.5. The molecule has 3 aromatic rings. The molecule has 1 amide bonds. The van der Waals surface area contributed by atoms with Crippen LogP contribution in [0.3, 0.4) is 0 Å². The monoisotopic (exact) mass is 446 g/mol. The van der Waals surface area contributed by atoms with E-state index < -0.39 is 30.3 Å². The fourth-order valence-electron chi connectivity index (χ4n) is 2.69. The van der Waals surface area contributed by atoms with Crippen molar-refractivity contribution in [1.82, 2.24) is 4.57 Å². The largest absolute Gasteiger partial charge is 0.481 e. The zero-order valence-electron chi connectivity index (χ0n) is 16.8. The van der Waals surface area contributed by atoms with Crippen molar-refractivity contribution in [3.05, 3.63) is 58.6 Å². The molecule has 2 aromatic carbocycles. The number of halogens is 1. The van der Waals surface area contributed by atoms with E-state index in [1.165, 1.54) is 29.9 Å². The van der Waals surface area contributed by atoms with Crippen molar-refractivity contribution in [2.45, 2.75) is 13.5 Å². The lowest BCUT2D eigenvalue weighted by Crippen LogP contribution is -2.23. The fourth-order valence-corrected chi connectivity index (χ4v) is 3.77. The van der Waals surface area contributed by atoms with Crippen molar-refractivity contribution < 1.29 is 33.0 Å². The SMILES string of the molecule is CCOC(=O)c1ccc2c(c1)sc(=NC(=O)COc1ccccc1F)n2CC(=O)OC. The minimum absolute atomic E-state index is 0.0658. The summed E-state index contributed by atoms with van der Waals surface area (Å²) in [6.45, 7) is 1.27. The summed E-state index contributed by atoms with van der Waals surface area (Å²) in [5.41, 5.74) is 0.923. The van der Waals surface area contributed by atoms with Crippen molar-refractivity contribution in [1.29, 1.82) is 0 Å². The Morgan fingerprint density at radius 3 is 2.65 bits per heavy atom. The molecule has 0 unspecified atom stereocenters. The summed E-state index contributed by atoms with van der Waals surface area (Å²) in [7, 11) is 1.25. The quantitative estimate of drug-likeness (QED) is 0.518. The van der Waals surface area contributed by atoms with E-state index in [-0.39, 0.29) is 23.7 Å². The second-order valence-corrected chi connectivity index (χ2v) is 7.18. The van der Waals surface area contributed by atoms with Crippen LogP contribution in [-0.4, -0.2) is 42.7 Å². The van der Waals surface area contributed by atoms with Crippen LogP contribution in [0.2, 0.25) is 0 Å². The second-order valence-electron chi connectivity index (χ2n) is 6.17. The van der Waals surface area contributed by atoms with Gasteiger partial charge in [-0.05, 0) is 37.3 Å². The van der Waals surface area contributed by atoms with Crippen molar-refractivity contribution in [2.75, 3.05) is 20.3 Å². The van der Waals surface area contributed by atoms with Gasteiger partial charge in [0.25, 0.3) is 5.91 Å². The molecule has 10 heteroatoms. The highest BCUT2D eigenvalue weighted by Gasteiger charge is 2.15. The number of thiazole rings is 1. The third kappa shape index (κ3) is 5.34. The zero-order valence-corrected chi connectivity index (χ0v) is 17.6. The van der Waals surface area contributed by atoms with Crippen molar-refractivity contribution in [3.8, 4) is 5.75 Å². The van der Waals surface area contributed by atoms with Gasteiger partial charge >= 0.3 is 11.9 Å². The molecule has 0 saturated heterocycles. The molecule has 0 aliphatic heterocycles. The molecule has 0 fully saturated rings. The van der Waals surface area contributed by atoms with Gasteiger partial charge in [-0.25, -0.2) is 9.18 Å². The molecule has 0 spiro atoms. The van der Waals surface area contributed by atoms with Crippen LogP contribution in [0.4, 0.5) is 4.39 Å². The molecule has 1 heterocycles. The van der Waals surface area contributed by atoms with Gasteiger partial charge in [-0.2, -0.15) is 4.99 Å². The summed E-state index contributed by atoms with van der Waals surface area (Å²) in [6.07, 6.45) is 0. The number of aromatic nitrogens is 1. The standard InChI is InChI=1S/C21H19FN2O6S/c1-3-29-20(27)13-8-9-15-17(10-13)31-21(24(15)11-19(26)28-2)23-18(25)12-30-16-7-5-4-6-14(16)22/h4-10H,3,11-12H2,1-2H3. The Hall–Kier alpha value is -3.53. The van der Waals surface area contributed by atoms with E-state index in [2.05, 4.69) is 4.99 Å². The molecule has 31 heavy (non-hydrogen) atoms. The molecule has 0 N–H and O–H groups in total. The first kappa shape index (κ1) is 22.2. The highest BCUT2D eigenvalue weighted by Crippen LogP contribution is 2.20. The van der Waals surface area contributed by atoms with E-state index in [1.54, 1.807) is 31.2 Å². The smallest absolute Gasteiger partial charge is 0.338 e. The molecular weight excluding hydrogens is 427 g/mol. The van der Waals surface area contributed by atoms with Crippen LogP contribution in [0.15, 0.2) is 47.5 Å². The molecule has 0 bridgehead atoms. The first-order chi connectivity index (χ1) is 14.9. The predicted molar refractivity (Wildman–Crippen MR) is 110 cm³/mol. The number of methoxy groups -OCH3 is 1. The third-order valence-corrected chi connectivity index (χ3v) is 5.16. The number of carbonyl (C=O) groups excluding carboxylic acids is 3. The number of rotatable bonds is 7. The maximum atomic E-state index is 13.7. The van der Waals surface area contributed by atoms with Gasteiger partial charge in [-0.15, -0.1) is 0 Å². The van der Waals surface area contributed by atoms with Gasteiger partial charge in [0.05, 0.1) is 29.5 Å². The molecule has 1 aromatic heterocycles. The zero-order chi connectivity index (χ0) is 22.4. The van der Waals surface area contributed by atoms with Crippen LogP contribution in [-0.2, 0) is 25.6 Å². The Morgan fingerprint density at radius 2 is 1.94 bits per heavy atom. The number of hydrogen-bond donors (Lipinski definition) is 0. The summed E-state index contributed by atoms with van der Waals surface area (Å²) < 4.78 is 30.7. The number of amides is 1. The van der Waals surface area contributed by atoms with Gasteiger partial charge in [0.2, 0.25) is 0 Å². The minimum atomic E-state index is -0.668. The number of carbonyl (C=O) groups is 3. The van der Waals surface area contributed by atoms with Crippen molar-refractivity contribution in [2.24, 2.45) is 4.99 Å². The summed E-state index contributed by atoms with van der Waals surface area (Å²) >= 11 is 1.11. The van der Waals surface area contributed by atoms with E-state index in [4.69, 9.17) is 14.2 Å². The topological polar surface area (TPSA) is 96.2 Å². The maximum absolute atomic E-state index is 13.7. The van der Waals surface area contributed by atoms with Crippen LogP contribution < -0.4 is 9.54 Å². The van der Waals surface area contributed by atoms with Gasteiger partial charge in [-0.3, -0.25) is 9.59 Å². The summed E-state index contributed by atoms with van der Waals surface area (Å²) in [4.78, 5) is 40.4. The Balaban J connectivity index is 1.95. The van der Waals surface area contributed by atoms with Crippen LogP contribution in [0.5, 0.6) is 5.75 Å². The average Bonchev–Trinajstić information content (AvgIpc) is 3.09. The molecule has 0 radical (unpaired) electrons. The maximum Gasteiger partial charge on any atom is 0.338 e. The van der Waals surface area contributed by atoms with E-state index in [9.17, 15) is 18.8 Å². The number of fused-ring (bicyclic) bond motifs is 1. The molecule has 0 saturated carbocycles. The molecular formula is C21H19FN2O6S. The number of ether oxygens (including phenoxy) is 3. The lowest BCUT2D eigenvalue weighted by atomic mass is 10.2. The number of para-hydroxylation sites is 1. The Labute approximate surface area is 180 Å². The lowest BCUT2D eigenvalue weighted by Gasteiger charge is -2.05. The fraction of sp³-hybridized carbons (Fsp3) is 0.238. The van der Waals surface area contributed by atoms with Crippen molar-refractivity contribution in [3.63, 3.8) is 0 Å². The molecule has 0 atom stereocenters. The second kappa shape index (κ2) is 9.98. The van der Waals surface area contributed by atoms with E-state index in [0.717, 1.165) is 11.3 Å². The first-order valence-electron chi connectivity index (χ1n) is 9.25. The van der Waals surface area contributed by atoms with Gasteiger partial charge in [-0.1, -0.05) is 23.5 Å². The highest BCUT2D eigenvalue weighted by atomic mass is 32.1. The molecule has 0 aliphatic carbocycles. The number of esters is 2. The van der Waals surface area contributed by atoms with Gasteiger partial charge in [0.15, 0.2) is 23.0 Å². The number of benzene rings is 2. The Bertz CT molecular complexity index is 1200. The van der Waals surface area contributed by atoms with Gasteiger partial charge < -0.3 is 18.8 Å². The third-order valence-electron chi connectivity index (χ3n) is 4.12.